The Kier molecular flexibility index (Phi) is 4.85. The maximum absolute atomic E-state index is 13.0. The van der Waals surface area contributed by atoms with Crippen molar-refractivity contribution in [3.05, 3.63) is 70.5 Å². The third-order valence-corrected chi connectivity index (χ3v) is 5.59. The third kappa shape index (κ3) is 3.49. The Labute approximate surface area is 188 Å². The van der Waals surface area contributed by atoms with Gasteiger partial charge in [-0.1, -0.05) is 23.4 Å². The molecular weight excluding hydrogens is 424 g/mol. The highest BCUT2D eigenvalue weighted by atomic mass is 16.5. The molecular formula is C25H20N2O6. The number of carbonyl (C=O) groups excluding carboxylic acids is 2. The number of aryl methyl sites for hydroxylation is 4. The minimum absolute atomic E-state index is 0.176. The molecule has 0 atom stereocenters. The second kappa shape index (κ2) is 7.74. The number of nitrogens with zero attached hydrogens (tertiary/aromatic N) is 2. The molecule has 8 heteroatoms. The average molecular weight is 444 g/mol. The maximum Gasteiger partial charge on any atom is 0.339 e. The zero-order valence-corrected chi connectivity index (χ0v) is 18.5. The van der Waals surface area contributed by atoms with Crippen LogP contribution in [0.15, 0.2) is 49.8 Å². The number of Topliss-reactive ketones (excluding diaryl/α,β-unsaturated/α-hetero) is 1. The predicted molar refractivity (Wildman–Crippen MR) is 119 cm³/mol. The summed E-state index contributed by atoms with van der Waals surface area (Å²) in [6.07, 6.45) is 0. The van der Waals surface area contributed by atoms with Gasteiger partial charge in [0.2, 0.25) is 5.78 Å². The van der Waals surface area contributed by atoms with E-state index in [1.54, 1.807) is 26.0 Å². The topological polar surface area (TPSA) is 109 Å². The Morgan fingerprint density at radius 2 is 1.82 bits per heavy atom. The fourth-order valence-electron chi connectivity index (χ4n) is 3.99. The van der Waals surface area contributed by atoms with Crippen molar-refractivity contribution in [2.24, 2.45) is 0 Å². The average Bonchev–Trinajstić information content (AvgIpc) is 3.46. The van der Waals surface area contributed by atoms with Gasteiger partial charge in [0, 0.05) is 16.5 Å². The number of ketones is 1. The summed E-state index contributed by atoms with van der Waals surface area (Å²) in [6, 6.07) is 10.8. The van der Waals surface area contributed by atoms with Crippen LogP contribution in [0, 0.1) is 27.7 Å². The molecule has 0 saturated carbocycles. The maximum atomic E-state index is 13.0. The summed E-state index contributed by atoms with van der Waals surface area (Å²) in [5, 5.41) is 5.21. The smallest absolute Gasteiger partial charge is 0.339 e. The van der Waals surface area contributed by atoms with Crippen LogP contribution in [0.2, 0.25) is 0 Å². The van der Waals surface area contributed by atoms with E-state index in [9.17, 15) is 9.59 Å². The van der Waals surface area contributed by atoms with Gasteiger partial charge < -0.3 is 18.1 Å². The van der Waals surface area contributed by atoms with Gasteiger partial charge in [-0.25, -0.2) is 9.78 Å². The molecule has 1 aromatic carbocycles. The van der Waals surface area contributed by atoms with Crippen LogP contribution in [-0.2, 0) is 4.74 Å². The first-order chi connectivity index (χ1) is 15.8. The van der Waals surface area contributed by atoms with Gasteiger partial charge >= 0.3 is 5.97 Å². The fourth-order valence-corrected chi connectivity index (χ4v) is 3.99. The number of furan rings is 2. The number of carbonyl (C=O) groups is 2. The molecule has 0 N–H and O–H groups in total. The third-order valence-electron chi connectivity index (χ3n) is 5.59. The monoisotopic (exact) mass is 444 g/mol. The van der Waals surface area contributed by atoms with Gasteiger partial charge in [0.15, 0.2) is 12.4 Å². The van der Waals surface area contributed by atoms with E-state index in [0.29, 0.717) is 39.4 Å². The number of pyridine rings is 1. The summed E-state index contributed by atoms with van der Waals surface area (Å²) >= 11 is 0. The van der Waals surface area contributed by atoms with Crippen molar-refractivity contribution in [1.29, 1.82) is 0 Å². The molecule has 0 amide bonds. The molecule has 0 aliphatic rings. The van der Waals surface area contributed by atoms with Gasteiger partial charge in [-0.3, -0.25) is 4.79 Å². The first kappa shape index (κ1) is 20.7. The van der Waals surface area contributed by atoms with E-state index in [4.69, 9.17) is 18.1 Å². The molecule has 0 spiro atoms. The largest absolute Gasteiger partial charge is 0.466 e. The SMILES string of the molecule is Cc1cc(-c2cc(C(=O)OCC(=O)c3oc4ccccc4c3C)c3c(C)noc3n2)c(C)o1. The van der Waals surface area contributed by atoms with E-state index >= 15 is 0 Å². The van der Waals surface area contributed by atoms with Crippen molar-refractivity contribution in [3.63, 3.8) is 0 Å². The number of hydrogen-bond donors (Lipinski definition) is 0. The highest BCUT2D eigenvalue weighted by Crippen LogP contribution is 2.31. The number of esters is 1. The van der Waals surface area contributed by atoms with Gasteiger partial charge in [-0.05, 0) is 45.9 Å². The molecule has 0 unspecified atom stereocenters. The summed E-state index contributed by atoms with van der Waals surface area (Å²) < 4.78 is 22.0. The second-order valence-electron chi connectivity index (χ2n) is 7.88. The first-order valence-electron chi connectivity index (χ1n) is 10.4. The number of aromatic nitrogens is 2. The van der Waals surface area contributed by atoms with Crippen LogP contribution in [0.3, 0.4) is 0 Å². The van der Waals surface area contributed by atoms with Gasteiger partial charge in [-0.15, -0.1) is 0 Å². The van der Waals surface area contributed by atoms with Crippen molar-refractivity contribution in [2.45, 2.75) is 27.7 Å². The molecule has 166 valence electrons. The van der Waals surface area contributed by atoms with Crippen molar-refractivity contribution in [3.8, 4) is 11.3 Å². The fraction of sp³-hybridized carbons (Fsp3) is 0.200. The molecule has 0 bridgehead atoms. The van der Waals surface area contributed by atoms with Crippen molar-refractivity contribution in [2.75, 3.05) is 6.61 Å². The standard InChI is InChI=1S/C25H20N2O6/c1-12-9-17(15(4)31-12)19-10-18(22-14(3)27-33-24(22)26-19)25(29)30-11-20(28)23-13(2)16-7-5-6-8-21(16)32-23/h5-10H,11H2,1-4H3. The molecule has 0 radical (unpaired) electrons. The Bertz CT molecular complexity index is 1550. The lowest BCUT2D eigenvalue weighted by atomic mass is 10.1. The zero-order valence-electron chi connectivity index (χ0n) is 18.5. The molecule has 5 rings (SSSR count). The minimum Gasteiger partial charge on any atom is -0.466 e. The Balaban J connectivity index is 1.46. The van der Waals surface area contributed by atoms with Gasteiger partial charge in [-0.2, -0.15) is 0 Å². The van der Waals surface area contributed by atoms with Gasteiger partial charge in [0.1, 0.15) is 17.1 Å². The number of benzene rings is 1. The minimum atomic E-state index is -0.685. The van der Waals surface area contributed by atoms with Gasteiger partial charge in [0.25, 0.3) is 5.71 Å². The lowest BCUT2D eigenvalue weighted by Gasteiger charge is -2.07. The van der Waals surface area contributed by atoms with E-state index in [2.05, 4.69) is 10.1 Å². The molecule has 33 heavy (non-hydrogen) atoms. The number of fused-ring (bicyclic) bond motifs is 2. The molecule has 0 aliphatic heterocycles. The number of ether oxygens (including phenoxy) is 1. The van der Waals surface area contributed by atoms with Crippen molar-refractivity contribution in [1.82, 2.24) is 10.1 Å². The summed E-state index contributed by atoms with van der Waals surface area (Å²) in [5.41, 5.74) is 3.44. The molecule has 0 saturated heterocycles. The van der Waals surface area contributed by atoms with Crippen LogP contribution in [0.5, 0.6) is 0 Å². The number of para-hydroxylation sites is 1. The Morgan fingerprint density at radius 1 is 1.03 bits per heavy atom. The van der Waals surface area contributed by atoms with Crippen LogP contribution >= 0.6 is 0 Å². The lowest BCUT2D eigenvalue weighted by molar-refractivity contribution is 0.0470. The van der Waals surface area contributed by atoms with Crippen LogP contribution < -0.4 is 0 Å². The Hall–Kier alpha value is -4.20. The quantitative estimate of drug-likeness (QED) is 0.258. The summed E-state index contributed by atoms with van der Waals surface area (Å²) in [6.45, 7) is 6.68. The zero-order chi connectivity index (χ0) is 23.3. The highest BCUT2D eigenvalue weighted by Gasteiger charge is 2.24. The molecule has 0 aliphatic carbocycles. The Morgan fingerprint density at radius 3 is 2.55 bits per heavy atom. The number of hydrogen-bond acceptors (Lipinski definition) is 8. The van der Waals surface area contributed by atoms with Crippen LogP contribution in [0.1, 0.15) is 43.7 Å². The highest BCUT2D eigenvalue weighted by molar-refractivity contribution is 6.06. The number of rotatable bonds is 5. The van der Waals surface area contributed by atoms with Crippen LogP contribution in [0.25, 0.3) is 33.3 Å². The van der Waals surface area contributed by atoms with Crippen LogP contribution in [-0.4, -0.2) is 28.5 Å². The van der Waals surface area contributed by atoms with E-state index < -0.39 is 18.4 Å². The summed E-state index contributed by atoms with van der Waals surface area (Å²) in [5.74, 6) is 0.440. The van der Waals surface area contributed by atoms with Crippen molar-refractivity contribution >= 4 is 33.8 Å². The summed E-state index contributed by atoms with van der Waals surface area (Å²) in [7, 11) is 0. The van der Waals surface area contributed by atoms with E-state index in [0.717, 1.165) is 10.9 Å². The molecule has 0 fully saturated rings. The van der Waals surface area contributed by atoms with E-state index in [1.165, 1.54) is 0 Å². The molecule has 8 nitrogen and oxygen atoms in total. The lowest BCUT2D eigenvalue weighted by Crippen LogP contribution is -2.15. The predicted octanol–water partition coefficient (Wildman–Crippen LogP) is 5.50. The molecule has 5 aromatic rings. The second-order valence-corrected chi connectivity index (χ2v) is 7.88. The van der Waals surface area contributed by atoms with Gasteiger partial charge in [0.05, 0.1) is 22.3 Å². The van der Waals surface area contributed by atoms with Crippen LogP contribution in [0.4, 0.5) is 0 Å². The molecule has 4 heterocycles. The summed E-state index contributed by atoms with van der Waals surface area (Å²) in [4.78, 5) is 30.3. The normalized spacial score (nSPS) is 11.4. The first-order valence-corrected chi connectivity index (χ1v) is 10.4. The van der Waals surface area contributed by atoms with Crippen molar-refractivity contribution < 1.29 is 27.7 Å². The van der Waals surface area contributed by atoms with E-state index in [-0.39, 0.29) is 17.0 Å². The molecule has 4 aromatic heterocycles. The van der Waals surface area contributed by atoms with E-state index in [1.807, 2.05) is 38.1 Å².